The maximum Gasteiger partial charge on any atom is 0.167 e. The van der Waals surface area contributed by atoms with Gasteiger partial charge in [-0.1, -0.05) is 138 Å². The van der Waals surface area contributed by atoms with Crippen LogP contribution in [0.1, 0.15) is 0 Å². The van der Waals surface area contributed by atoms with Crippen LogP contribution in [0.25, 0.3) is 89.5 Å². The van der Waals surface area contributed by atoms with Crippen molar-refractivity contribution < 1.29 is 4.42 Å². The van der Waals surface area contributed by atoms with Crippen LogP contribution in [0.5, 0.6) is 0 Å². The van der Waals surface area contributed by atoms with E-state index in [0.29, 0.717) is 34.0 Å². The smallest absolute Gasteiger partial charge is 0.167 e. The minimum absolute atomic E-state index is 0.199. The van der Waals surface area contributed by atoms with Crippen molar-refractivity contribution >= 4 is 88.5 Å². The Kier molecular flexibility index (Phi) is 8.43. The minimum atomic E-state index is 0.199. The second kappa shape index (κ2) is 13.6. The van der Waals surface area contributed by atoms with E-state index < -0.39 is 0 Å². The Morgan fingerprint density at radius 2 is 0.815 bits per heavy atom. The van der Waals surface area contributed by atoms with Crippen molar-refractivity contribution in [2.24, 2.45) is 0 Å². The Morgan fingerprint density at radius 1 is 0.352 bits per heavy atom. The summed E-state index contributed by atoms with van der Waals surface area (Å²) < 4.78 is 6.54. The van der Waals surface area contributed by atoms with E-state index in [1.165, 1.54) is 0 Å². The summed E-state index contributed by atoms with van der Waals surface area (Å²) in [4.78, 5) is 14.7. The third-order valence-electron chi connectivity index (χ3n) is 9.86. The van der Waals surface area contributed by atoms with E-state index in [0.717, 1.165) is 66.4 Å². The standard InChI is InChI=1S/C45H24B5N3O/c46-37-36(38(47)40(49)41(50)39(37)48)28-20-18-26(19-21-28)25-14-16-27(17-15-25)31-22-23-35-34(24-31)32-12-7-13-33(42(32)54-35)45-52-43(29-8-3-1-4-9-29)51-44(53-45)30-10-5-2-6-11-30/h1-24H. The molecular formula is C45H24B5N3O. The molecule has 0 spiro atoms. The van der Waals surface area contributed by atoms with Crippen LogP contribution in [0.2, 0.25) is 0 Å². The molecule has 0 aliphatic rings. The minimum Gasteiger partial charge on any atom is -0.455 e. The fourth-order valence-corrected chi connectivity index (χ4v) is 6.93. The molecular weight excluding hydrogens is 653 g/mol. The van der Waals surface area contributed by atoms with Crippen LogP contribution in [0.15, 0.2) is 150 Å². The van der Waals surface area contributed by atoms with Crippen molar-refractivity contribution in [3.8, 4) is 67.5 Å². The lowest BCUT2D eigenvalue weighted by molar-refractivity contribution is 0.669. The van der Waals surface area contributed by atoms with Crippen molar-refractivity contribution in [2.45, 2.75) is 0 Å². The van der Waals surface area contributed by atoms with Crippen molar-refractivity contribution in [1.29, 1.82) is 0 Å². The van der Waals surface area contributed by atoms with E-state index in [1.807, 2.05) is 103 Å². The lowest BCUT2D eigenvalue weighted by Crippen LogP contribution is -2.55. The number of hydrogen-bond donors (Lipinski definition) is 0. The molecule has 9 rings (SSSR count). The molecule has 2 aromatic heterocycles. The van der Waals surface area contributed by atoms with Gasteiger partial charge in [0.05, 0.1) is 5.56 Å². The molecule has 0 amide bonds. The Morgan fingerprint density at radius 3 is 1.37 bits per heavy atom. The quantitative estimate of drug-likeness (QED) is 0.211. The van der Waals surface area contributed by atoms with Gasteiger partial charge in [-0.05, 0) is 51.6 Å². The summed E-state index contributed by atoms with van der Waals surface area (Å²) in [6, 6.07) is 48.7. The molecule has 4 nitrogen and oxygen atoms in total. The van der Waals surface area contributed by atoms with Crippen LogP contribution in [0.3, 0.4) is 0 Å². The fourth-order valence-electron chi connectivity index (χ4n) is 6.93. The van der Waals surface area contributed by atoms with Crippen LogP contribution in [0, 0.1) is 0 Å². The van der Waals surface area contributed by atoms with Gasteiger partial charge in [0.25, 0.3) is 0 Å². The first-order valence-corrected chi connectivity index (χ1v) is 17.4. The SMILES string of the molecule is [B]c1c([B])c([B])c(-c2ccc(-c3ccc(-c4ccc5oc6c(-c7nc(-c8ccccc8)nc(-c8ccccc8)n7)cccc6c5c4)cc3)cc2)c([B])c1[B]. The third kappa shape index (κ3) is 5.86. The van der Waals surface area contributed by atoms with Crippen molar-refractivity contribution in [3.05, 3.63) is 146 Å². The molecule has 9 aromatic rings. The average molecular weight is 677 g/mol. The van der Waals surface area contributed by atoms with E-state index in [2.05, 4.69) is 42.5 Å². The van der Waals surface area contributed by atoms with E-state index in [-0.39, 0.29) is 16.4 Å². The van der Waals surface area contributed by atoms with Gasteiger partial charge < -0.3 is 4.42 Å². The van der Waals surface area contributed by atoms with Gasteiger partial charge in [-0.25, -0.2) is 15.0 Å². The van der Waals surface area contributed by atoms with Gasteiger partial charge in [-0.15, -0.1) is 16.4 Å². The molecule has 10 radical (unpaired) electrons. The van der Waals surface area contributed by atoms with Crippen molar-refractivity contribution in [1.82, 2.24) is 15.0 Å². The molecule has 0 aliphatic carbocycles. The highest BCUT2D eigenvalue weighted by molar-refractivity contribution is 6.68. The molecule has 2 heterocycles. The highest BCUT2D eigenvalue weighted by Gasteiger charge is 2.18. The van der Waals surface area contributed by atoms with Crippen molar-refractivity contribution in [2.75, 3.05) is 0 Å². The second-order valence-corrected chi connectivity index (χ2v) is 13.1. The summed E-state index contributed by atoms with van der Waals surface area (Å²) in [7, 11) is 30.8. The lowest BCUT2D eigenvalue weighted by Gasteiger charge is -2.21. The highest BCUT2D eigenvalue weighted by atomic mass is 16.3. The zero-order chi connectivity index (χ0) is 36.9. The van der Waals surface area contributed by atoms with E-state index >= 15 is 0 Å². The molecule has 7 aromatic carbocycles. The maximum atomic E-state index is 6.54. The third-order valence-corrected chi connectivity index (χ3v) is 9.86. The van der Waals surface area contributed by atoms with Crippen LogP contribution >= 0.6 is 0 Å². The maximum absolute atomic E-state index is 6.54. The topological polar surface area (TPSA) is 51.8 Å². The predicted molar refractivity (Wildman–Crippen MR) is 227 cm³/mol. The molecule has 0 bridgehead atoms. The average Bonchev–Trinajstić information content (AvgIpc) is 3.61. The molecule has 0 N–H and O–H groups in total. The largest absolute Gasteiger partial charge is 0.455 e. The van der Waals surface area contributed by atoms with Crippen LogP contribution in [0.4, 0.5) is 0 Å². The molecule has 0 fully saturated rings. The van der Waals surface area contributed by atoms with Gasteiger partial charge in [-0.2, -0.15) is 0 Å². The summed E-state index contributed by atoms with van der Waals surface area (Å²) in [5.41, 5.74) is 11.0. The first-order chi connectivity index (χ1) is 26.3. The Hall–Kier alpha value is -6.33. The highest BCUT2D eigenvalue weighted by Crippen LogP contribution is 2.38. The normalized spacial score (nSPS) is 11.3. The number of rotatable bonds is 6. The number of furan rings is 1. The molecule has 0 unspecified atom stereocenters. The van der Waals surface area contributed by atoms with E-state index in [9.17, 15) is 0 Å². The summed E-state index contributed by atoms with van der Waals surface area (Å²) in [5.74, 6) is 1.74. The zero-order valence-corrected chi connectivity index (χ0v) is 29.0. The molecule has 0 saturated carbocycles. The number of aromatic nitrogens is 3. The van der Waals surface area contributed by atoms with Crippen LogP contribution in [-0.2, 0) is 0 Å². The molecule has 0 aliphatic heterocycles. The van der Waals surface area contributed by atoms with Gasteiger partial charge >= 0.3 is 0 Å². The number of benzene rings is 7. The molecule has 9 heteroatoms. The van der Waals surface area contributed by atoms with Gasteiger partial charge in [0.2, 0.25) is 0 Å². The first kappa shape index (κ1) is 33.5. The van der Waals surface area contributed by atoms with Gasteiger partial charge in [0.1, 0.15) is 50.4 Å². The number of hydrogen-bond acceptors (Lipinski definition) is 4. The van der Waals surface area contributed by atoms with Crippen LogP contribution in [-0.4, -0.2) is 54.2 Å². The summed E-state index contributed by atoms with van der Waals surface area (Å²) in [6.07, 6.45) is 0. The Labute approximate surface area is 319 Å². The summed E-state index contributed by atoms with van der Waals surface area (Å²) in [5, 5.41) is 1.99. The summed E-state index contributed by atoms with van der Waals surface area (Å²) >= 11 is 0. The Bertz CT molecular complexity index is 2770. The fraction of sp³-hybridized carbons (Fsp3) is 0. The van der Waals surface area contributed by atoms with Crippen LogP contribution < -0.4 is 27.3 Å². The Balaban J connectivity index is 1.05. The van der Waals surface area contributed by atoms with Gasteiger partial charge in [0.15, 0.2) is 17.5 Å². The van der Waals surface area contributed by atoms with E-state index in [4.69, 9.17) is 58.6 Å². The summed E-state index contributed by atoms with van der Waals surface area (Å²) in [6.45, 7) is 0. The molecule has 54 heavy (non-hydrogen) atoms. The number of nitrogens with zero attached hydrogens (tertiary/aromatic N) is 3. The van der Waals surface area contributed by atoms with E-state index in [1.54, 1.807) is 0 Å². The van der Waals surface area contributed by atoms with Crippen molar-refractivity contribution in [3.63, 3.8) is 0 Å². The molecule has 240 valence electrons. The molecule has 0 atom stereocenters. The zero-order valence-electron chi connectivity index (χ0n) is 29.0. The van der Waals surface area contributed by atoms with Gasteiger partial charge in [-0.3, -0.25) is 0 Å². The van der Waals surface area contributed by atoms with Gasteiger partial charge in [0, 0.05) is 21.9 Å². The number of fused-ring (bicyclic) bond motifs is 3. The second-order valence-electron chi connectivity index (χ2n) is 13.1. The predicted octanol–water partition coefficient (Wildman–Crippen LogP) is 5.74. The number of para-hydroxylation sites is 1. The first-order valence-electron chi connectivity index (χ1n) is 17.4. The lowest BCUT2D eigenvalue weighted by atomic mass is 9.59. The monoisotopic (exact) mass is 677 g/mol. The molecule has 0 saturated heterocycles.